The Hall–Kier alpha value is -2.43. The van der Waals surface area contributed by atoms with Crippen molar-refractivity contribution in [1.29, 1.82) is 0 Å². The molecule has 0 aliphatic rings. The summed E-state index contributed by atoms with van der Waals surface area (Å²) in [5.74, 6) is 0. The highest BCUT2D eigenvalue weighted by Crippen LogP contribution is 2.06. The molecular formula is C12H10N2O3. The van der Waals surface area contributed by atoms with Crippen LogP contribution in [0.1, 0.15) is 21.6 Å². The number of nitrogens with one attached hydrogen (secondary N) is 2. The number of benzene rings is 1. The quantitative estimate of drug-likeness (QED) is 0.752. The fourth-order valence-corrected chi connectivity index (χ4v) is 1.61. The lowest BCUT2D eigenvalue weighted by Crippen LogP contribution is -2.28. The maximum Gasteiger partial charge on any atom is 0.325 e. The maximum atomic E-state index is 11.4. The molecule has 2 rings (SSSR count). The second kappa shape index (κ2) is 4.61. The van der Waals surface area contributed by atoms with Crippen LogP contribution in [0.25, 0.3) is 0 Å². The Labute approximate surface area is 96.1 Å². The first-order chi connectivity index (χ1) is 8.20. The number of carbonyl (C=O) groups excluding carboxylic acids is 1. The third kappa shape index (κ3) is 2.39. The van der Waals surface area contributed by atoms with Gasteiger partial charge in [0.25, 0.3) is 5.56 Å². The lowest BCUT2D eigenvalue weighted by atomic mass is 10.1. The monoisotopic (exact) mass is 230 g/mol. The molecule has 0 saturated carbocycles. The molecule has 0 aliphatic heterocycles. The average Bonchev–Trinajstić information content (AvgIpc) is 2.30. The van der Waals surface area contributed by atoms with Crippen molar-refractivity contribution in [2.24, 2.45) is 0 Å². The van der Waals surface area contributed by atoms with Gasteiger partial charge >= 0.3 is 5.69 Å². The lowest BCUT2D eigenvalue weighted by Gasteiger charge is -2.03. The van der Waals surface area contributed by atoms with Crippen molar-refractivity contribution in [3.8, 4) is 0 Å². The van der Waals surface area contributed by atoms with Gasteiger partial charge in [-0.1, -0.05) is 30.3 Å². The second-order valence-corrected chi connectivity index (χ2v) is 3.58. The topological polar surface area (TPSA) is 82.8 Å². The standard InChI is InChI=1S/C12H10N2O3/c15-7-9-10(13-12(17)14-11(9)16)6-8-4-2-1-3-5-8/h1-5,7H,6H2,(H2,13,14,16,17). The predicted molar refractivity (Wildman–Crippen MR) is 62.3 cm³/mol. The van der Waals surface area contributed by atoms with Gasteiger partial charge in [0.15, 0.2) is 6.29 Å². The van der Waals surface area contributed by atoms with Gasteiger partial charge < -0.3 is 4.98 Å². The predicted octanol–water partition coefficient (Wildman–Crippen LogP) is 0.466. The third-order valence-electron chi connectivity index (χ3n) is 2.40. The summed E-state index contributed by atoms with van der Waals surface area (Å²) in [6.45, 7) is 0. The number of aromatic amines is 2. The summed E-state index contributed by atoms with van der Waals surface area (Å²) in [5.41, 5.74) is -0.0496. The summed E-state index contributed by atoms with van der Waals surface area (Å²) in [4.78, 5) is 37.8. The number of carbonyl (C=O) groups is 1. The largest absolute Gasteiger partial charge is 0.325 e. The maximum absolute atomic E-state index is 11.4. The van der Waals surface area contributed by atoms with Crippen LogP contribution in [0.4, 0.5) is 0 Å². The van der Waals surface area contributed by atoms with Crippen LogP contribution in [0.3, 0.4) is 0 Å². The van der Waals surface area contributed by atoms with Crippen molar-refractivity contribution in [3.05, 3.63) is 68.0 Å². The second-order valence-electron chi connectivity index (χ2n) is 3.58. The number of hydrogen-bond acceptors (Lipinski definition) is 3. The Morgan fingerprint density at radius 3 is 2.41 bits per heavy atom. The molecule has 1 aromatic carbocycles. The van der Waals surface area contributed by atoms with Crippen LogP contribution in [0, 0.1) is 0 Å². The van der Waals surface area contributed by atoms with Gasteiger partial charge in [0.05, 0.1) is 5.56 Å². The smallest absolute Gasteiger partial charge is 0.310 e. The molecule has 0 amide bonds. The summed E-state index contributed by atoms with van der Waals surface area (Å²) in [6, 6.07) is 9.27. The van der Waals surface area contributed by atoms with Gasteiger partial charge in [-0.2, -0.15) is 0 Å². The van der Waals surface area contributed by atoms with Gasteiger partial charge in [-0.15, -0.1) is 0 Å². The van der Waals surface area contributed by atoms with Gasteiger partial charge in [-0.3, -0.25) is 14.6 Å². The minimum Gasteiger partial charge on any atom is -0.310 e. The van der Waals surface area contributed by atoms with E-state index < -0.39 is 11.2 Å². The first-order valence-corrected chi connectivity index (χ1v) is 5.05. The van der Waals surface area contributed by atoms with Gasteiger partial charge in [0.1, 0.15) is 0 Å². The summed E-state index contributed by atoms with van der Waals surface area (Å²) in [7, 11) is 0. The molecule has 1 heterocycles. The average molecular weight is 230 g/mol. The molecule has 0 saturated heterocycles. The van der Waals surface area contributed by atoms with E-state index in [1.54, 1.807) is 0 Å². The van der Waals surface area contributed by atoms with E-state index in [1.807, 2.05) is 35.3 Å². The van der Waals surface area contributed by atoms with Gasteiger partial charge in [0.2, 0.25) is 0 Å². The van der Waals surface area contributed by atoms with E-state index in [4.69, 9.17) is 0 Å². The van der Waals surface area contributed by atoms with E-state index in [9.17, 15) is 14.4 Å². The zero-order valence-corrected chi connectivity index (χ0v) is 8.90. The van der Waals surface area contributed by atoms with Crippen molar-refractivity contribution >= 4 is 6.29 Å². The normalized spacial score (nSPS) is 10.1. The van der Waals surface area contributed by atoms with Crippen LogP contribution in [-0.4, -0.2) is 16.3 Å². The SMILES string of the molecule is O=Cc1c(Cc2ccccc2)[nH]c(=O)[nH]c1=O. The van der Waals surface area contributed by atoms with E-state index in [0.29, 0.717) is 18.4 Å². The first kappa shape index (κ1) is 11.1. The fourth-order valence-electron chi connectivity index (χ4n) is 1.61. The Kier molecular flexibility index (Phi) is 3.00. The van der Waals surface area contributed by atoms with E-state index in [0.717, 1.165) is 5.56 Å². The van der Waals surface area contributed by atoms with E-state index >= 15 is 0 Å². The van der Waals surface area contributed by atoms with Crippen LogP contribution in [0.15, 0.2) is 39.9 Å². The van der Waals surface area contributed by atoms with Gasteiger partial charge in [0, 0.05) is 12.1 Å². The van der Waals surface area contributed by atoms with E-state index in [2.05, 4.69) is 4.98 Å². The molecule has 0 bridgehead atoms. The highest BCUT2D eigenvalue weighted by molar-refractivity contribution is 5.75. The Bertz CT molecular complexity index is 641. The molecule has 0 atom stereocenters. The van der Waals surface area contributed by atoms with Crippen LogP contribution in [0.2, 0.25) is 0 Å². The zero-order valence-electron chi connectivity index (χ0n) is 8.90. The lowest BCUT2D eigenvalue weighted by molar-refractivity contribution is 0.112. The minimum absolute atomic E-state index is 0.0338. The van der Waals surface area contributed by atoms with Crippen LogP contribution in [-0.2, 0) is 6.42 Å². The molecular weight excluding hydrogens is 220 g/mol. The van der Waals surface area contributed by atoms with Crippen molar-refractivity contribution in [1.82, 2.24) is 9.97 Å². The van der Waals surface area contributed by atoms with Crippen molar-refractivity contribution in [2.75, 3.05) is 0 Å². The number of rotatable bonds is 3. The van der Waals surface area contributed by atoms with Crippen LogP contribution < -0.4 is 11.2 Å². The van der Waals surface area contributed by atoms with Gasteiger partial charge in [-0.05, 0) is 5.56 Å². The number of hydrogen-bond donors (Lipinski definition) is 2. The summed E-state index contributed by atoms with van der Waals surface area (Å²) >= 11 is 0. The van der Waals surface area contributed by atoms with Crippen LogP contribution in [0.5, 0.6) is 0 Å². The molecule has 0 unspecified atom stereocenters. The fraction of sp³-hybridized carbons (Fsp3) is 0.0833. The zero-order chi connectivity index (χ0) is 12.3. The molecule has 2 aromatic rings. The van der Waals surface area contributed by atoms with Crippen LogP contribution >= 0.6 is 0 Å². The molecule has 5 nitrogen and oxygen atoms in total. The molecule has 5 heteroatoms. The molecule has 86 valence electrons. The van der Waals surface area contributed by atoms with Gasteiger partial charge in [-0.25, -0.2) is 4.79 Å². The summed E-state index contributed by atoms with van der Waals surface area (Å²) < 4.78 is 0. The molecule has 0 fully saturated rings. The molecule has 2 N–H and O–H groups in total. The molecule has 0 spiro atoms. The Morgan fingerprint density at radius 1 is 1.06 bits per heavy atom. The summed E-state index contributed by atoms with van der Waals surface area (Å²) in [5, 5.41) is 0. The molecule has 1 aromatic heterocycles. The minimum atomic E-state index is -0.658. The summed E-state index contributed by atoms with van der Waals surface area (Å²) in [6.07, 6.45) is 0.793. The van der Waals surface area contributed by atoms with Crippen molar-refractivity contribution in [2.45, 2.75) is 6.42 Å². The number of aldehydes is 1. The Morgan fingerprint density at radius 2 is 1.76 bits per heavy atom. The number of H-pyrrole nitrogens is 2. The van der Waals surface area contributed by atoms with Crippen molar-refractivity contribution in [3.63, 3.8) is 0 Å². The highest BCUT2D eigenvalue weighted by atomic mass is 16.2. The molecule has 0 radical (unpaired) electrons. The number of aromatic nitrogens is 2. The Balaban J connectivity index is 2.49. The first-order valence-electron chi connectivity index (χ1n) is 5.05. The highest BCUT2D eigenvalue weighted by Gasteiger charge is 2.08. The van der Waals surface area contributed by atoms with E-state index in [1.165, 1.54) is 0 Å². The molecule has 17 heavy (non-hydrogen) atoms. The van der Waals surface area contributed by atoms with Crippen molar-refractivity contribution < 1.29 is 4.79 Å². The molecule has 0 aliphatic carbocycles. The van der Waals surface area contributed by atoms with E-state index in [-0.39, 0.29) is 5.56 Å². The third-order valence-corrected chi connectivity index (χ3v) is 2.40.